The summed E-state index contributed by atoms with van der Waals surface area (Å²) >= 11 is 1.43. The van der Waals surface area contributed by atoms with Crippen LogP contribution in [0.5, 0.6) is 5.88 Å². The molecule has 2 atom stereocenters. The van der Waals surface area contributed by atoms with Gasteiger partial charge in [0.15, 0.2) is 0 Å². The van der Waals surface area contributed by atoms with Crippen molar-refractivity contribution in [2.75, 3.05) is 49.3 Å². The van der Waals surface area contributed by atoms with Crippen molar-refractivity contribution >= 4 is 46.4 Å². The number of piperidine rings is 1. The van der Waals surface area contributed by atoms with Crippen LogP contribution in [0.1, 0.15) is 12.0 Å². The number of thioether (sulfide) groups is 1. The lowest BCUT2D eigenvalue weighted by atomic mass is 9.91. The number of carbonyl (C=O) groups is 2. The van der Waals surface area contributed by atoms with E-state index in [1.807, 2.05) is 6.07 Å². The number of nitrogens with zero attached hydrogens (tertiary/aromatic N) is 5. The Bertz CT molecular complexity index is 1390. The van der Waals surface area contributed by atoms with Crippen molar-refractivity contribution in [1.29, 1.82) is 0 Å². The number of amides is 2. The number of hydrogen-bond donors (Lipinski definition) is 1. The van der Waals surface area contributed by atoms with E-state index in [1.165, 1.54) is 25.1 Å². The third-order valence-electron chi connectivity index (χ3n) is 7.03. The number of anilines is 2. The van der Waals surface area contributed by atoms with Gasteiger partial charge in [0.2, 0.25) is 11.8 Å². The van der Waals surface area contributed by atoms with E-state index < -0.39 is 11.9 Å². The Morgan fingerprint density at radius 1 is 1.22 bits per heavy atom. The number of carbonyl (C=O) groups excluding carboxylic acids is 2. The van der Waals surface area contributed by atoms with E-state index in [0.29, 0.717) is 65.9 Å². The summed E-state index contributed by atoms with van der Waals surface area (Å²) in [6.07, 6.45) is 1.81. The minimum atomic E-state index is -0.451. The average Bonchev–Trinajstić information content (AvgIpc) is 2.91. The Morgan fingerprint density at radius 2 is 2.11 bits per heavy atom. The molecular weight excluding hydrogens is 499 g/mol. The van der Waals surface area contributed by atoms with E-state index in [-0.39, 0.29) is 17.9 Å². The van der Waals surface area contributed by atoms with Crippen LogP contribution in [0.25, 0.3) is 11.0 Å². The minimum absolute atomic E-state index is 0.106. The van der Waals surface area contributed by atoms with Gasteiger partial charge >= 0.3 is 6.09 Å². The smallest absolute Gasteiger partial charge is 0.415 e. The molecule has 1 N–H and O–H groups in total. The van der Waals surface area contributed by atoms with E-state index >= 15 is 0 Å². The quantitative estimate of drug-likeness (QED) is 0.538. The van der Waals surface area contributed by atoms with Crippen molar-refractivity contribution < 1.29 is 23.5 Å². The molecule has 0 aromatic carbocycles. The fourth-order valence-corrected chi connectivity index (χ4v) is 5.82. The first-order chi connectivity index (χ1) is 18.0. The van der Waals surface area contributed by atoms with Gasteiger partial charge in [-0.05, 0) is 37.6 Å². The number of fused-ring (bicyclic) bond motifs is 3. The van der Waals surface area contributed by atoms with E-state index in [0.717, 1.165) is 17.9 Å². The van der Waals surface area contributed by atoms with Crippen molar-refractivity contribution in [3.8, 4) is 5.88 Å². The molecule has 3 aliphatic heterocycles. The molecule has 37 heavy (non-hydrogen) atoms. The molecular formula is C25H25FN6O4S. The fraction of sp³-hybridized carbons (Fsp3) is 0.400. The van der Waals surface area contributed by atoms with Crippen LogP contribution in [0.4, 0.5) is 20.8 Å². The van der Waals surface area contributed by atoms with Crippen molar-refractivity contribution in [3.05, 3.63) is 41.8 Å². The summed E-state index contributed by atoms with van der Waals surface area (Å²) in [6.45, 7) is 2.48. The molecule has 0 bridgehead atoms. The van der Waals surface area contributed by atoms with Gasteiger partial charge in [-0.25, -0.2) is 19.2 Å². The second-order valence-electron chi connectivity index (χ2n) is 9.29. The largest absolute Gasteiger partial charge is 0.481 e. The molecule has 1 unspecified atom stereocenters. The standard InChI is InChI=1S/C25H25FN6O4S/c1-35-22-5-2-17-23(30-22)15(16(26)10-27-17)7-9-31-8-6-14-11-32(25(34)36-18(14)12-31)20-4-3-19-24(28-20)29-21(33)13-37-19/h2-5,10,14,18H,6-9,11-13H2,1H3,(H,28,29,33)/t14-,18?/m1/s1. The van der Waals surface area contributed by atoms with Gasteiger partial charge in [0.05, 0.1) is 35.0 Å². The molecule has 0 spiro atoms. The molecule has 0 radical (unpaired) electrons. The molecule has 2 fully saturated rings. The highest BCUT2D eigenvalue weighted by Crippen LogP contribution is 2.34. The zero-order valence-corrected chi connectivity index (χ0v) is 21.0. The van der Waals surface area contributed by atoms with Gasteiger partial charge in [-0.2, -0.15) is 0 Å². The van der Waals surface area contributed by atoms with Crippen LogP contribution in [-0.4, -0.2) is 77.0 Å². The van der Waals surface area contributed by atoms with Crippen LogP contribution in [0.2, 0.25) is 0 Å². The zero-order valence-electron chi connectivity index (χ0n) is 20.1. The average molecular weight is 525 g/mol. The Morgan fingerprint density at radius 3 is 2.97 bits per heavy atom. The number of pyridine rings is 3. The second kappa shape index (κ2) is 9.75. The van der Waals surface area contributed by atoms with Gasteiger partial charge in [0.25, 0.3) is 0 Å². The summed E-state index contributed by atoms with van der Waals surface area (Å²) < 4.78 is 25.7. The highest BCUT2D eigenvalue weighted by atomic mass is 32.2. The van der Waals surface area contributed by atoms with Crippen LogP contribution in [0.3, 0.4) is 0 Å². The van der Waals surface area contributed by atoms with Crippen molar-refractivity contribution in [3.63, 3.8) is 0 Å². The number of methoxy groups -OCH3 is 1. The molecule has 2 amide bonds. The maximum absolute atomic E-state index is 14.7. The second-order valence-corrected chi connectivity index (χ2v) is 10.3. The first kappa shape index (κ1) is 23.9. The van der Waals surface area contributed by atoms with E-state index in [2.05, 4.69) is 25.2 Å². The lowest BCUT2D eigenvalue weighted by Crippen LogP contribution is -2.56. The third kappa shape index (κ3) is 4.66. The zero-order chi connectivity index (χ0) is 25.5. The van der Waals surface area contributed by atoms with Gasteiger partial charge in [0.1, 0.15) is 23.6 Å². The molecule has 6 heterocycles. The summed E-state index contributed by atoms with van der Waals surface area (Å²) in [5.74, 6) is 1.37. The summed E-state index contributed by atoms with van der Waals surface area (Å²) in [5.41, 5.74) is 1.62. The predicted molar refractivity (Wildman–Crippen MR) is 136 cm³/mol. The highest BCUT2D eigenvalue weighted by molar-refractivity contribution is 8.00. The SMILES string of the molecule is COc1ccc2ncc(F)c(CCN3CC[C@@H]4CN(c5ccc6c(n5)NC(=O)CS6)C(=O)OC4C3)c2n1. The number of ether oxygens (including phenoxy) is 2. The van der Waals surface area contributed by atoms with Gasteiger partial charge in [-0.15, -0.1) is 11.8 Å². The lowest BCUT2D eigenvalue weighted by Gasteiger charge is -2.43. The molecule has 6 rings (SSSR count). The Hall–Kier alpha value is -3.51. The number of rotatable bonds is 5. The summed E-state index contributed by atoms with van der Waals surface area (Å²) in [6, 6.07) is 7.14. The maximum atomic E-state index is 14.7. The van der Waals surface area contributed by atoms with Crippen LogP contribution in [0.15, 0.2) is 35.4 Å². The number of hydrogen-bond acceptors (Lipinski definition) is 9. The van der Waals surface area contributed by atoms with Crippen LogP contribution in [-0.2, 0) is 16.0 Å². The number of likely N-dealkylation sites (tertiary alicyclic amines) is 1. The predicted octanol–water partition coefficient (Wildman–Crippen LogP) is 3.11. The molecule has 192 valence electrons. The van der Waals surface area contributed by atoms with Crippen molar-refractivity contribution in [2.24, 2.45) is 5.92 Å². The number of aromatic nitrogens is 3. The van der Waals surface area contributed by atoms with Crippen molar-refractivity contribution in [1.82, 2.24) is 19.9 Å². The van der Waals surface area contributed by atoms with Gasteiger partial charge in [0, 0.05) is 37.2 Å². The van der Waals surface area contributed by atoms with E-state index in [9.17, 15) is 14.0 Å². The summed E-state index contributed by atoms with van der Waals surface area (Å²) in [5, 5.41) is 2.77. The normalized spacial score (nSPS) is 21.7. The monoisotopic (exact) mass is 524 g/mol. The van der Waals surface area contributed by atoms with Crippen LogP contribution < -0.4 is 15.0 Å². The van der Waals surface area contributed by atoms with Gasteiger partial charge in [-0.3, -0.25) is 19.6 Å². The Labute approximate surface area is 216 Å². The molecule has 10 nitrogen and oxygen atoms in total. The molecule has 0 saturated carbocycles. The molecule has 3 aliphatic rings. The maximum Gasteiger partial charge on any atom is 0.415 e. The van der Waals surface area contributed by atoms with E-state index in [4.69, 9.17) is 9.47 Å². The van der Waals surface area contributed by atoms with E-state index in [1.54, 1.807) is 23.1 Å². The number of halogens is 1. The minimum Gasteiger partial charge on any atom is -0.481 e. The Balaban J connectivity index is 1.12. The summed E-state index contributed by atoms with van der Waals surface area (Å²) in [7, 11) is 1.52. The van der Waals surface area contributed by atoms with Gasteiger partial charge < -0.3 is 14.8 Å². The third-order valence-corrected chi connectivity index (χ3v) is 8.08. The first-order valence-electron chi connectivity index (χ1n) is 12.1. The van der Waals surface area contributed by atoms with Crippen molar-refractivity contribution in [2.45, 2.75) is 23.8 Å². The van der Waals surface area contributed by atoms with Gasteiger partial charge in [-0.1, -0.05) is 0 Å². The number of nitrogens with one attached hydrogen (secondary N) is 1. The lowest BCUT2D eigenvalue weighted by molar-refractivity contribution is -0.113. The fourth-order valence-electron chi connectivity index (χ4n) is 5.07. The molecule has 12 heteroatoms. The van der Waals surface area contributed by atoms with Crippen LogP contribution >= 0.6 is 11.8 Å². The summed E-state index contributed by atoms with van der Waals surface area (Å²) in [4.78, 5) is 42.3. The molecule has 3 aromatic heterocycles. The van der Waals surface area contributed by atoms with Crippen LogP contribution in [0, 0.1) is 11.7 Å². The topological polar surface area (TPSA) is 110 Å². The highest BCUT2D eigenvalue weighted by Gasteiger charge is 2.40. The molecule has 3 aromatic rings. The molecule has 0 aliphatic carbocycles. The molecule has 2 saturated heterocycles. The first-order valence-corrected chi connectivity index (χ1v) is 13.1. The Kier molecular flexibility index (Phi) is 6.29.